The van der Waals surface area contributed by atoms with Crippen molar-refractivity contribution in [3.63, 3.8) is 0 Å². The molecule has 2 N–H and O–H groups in total. The van der Waals surface area contributed by atoms with Crippen molar-refractivity contribution < 1.29 is 23.9 Å². The summed E-state index contributed by atoms with van der Waals surface area (Å²) in [5.74, 6) is 0.725. The number of nitrogens with zero attached hydrogens (tertiary/aromatic N) is 1. The van der Waals surface area contributed by atoms with E-state index in [1.165, 1.54) is 0 Å². The first kappa shape index (κ1) is 18.0. The third-order valence-electron chi connectivity index (χ3n) is 4.76. The van der Waals surface area contributed by atoms with E-state index in [-0.39, 0.29) is 31.5 Å². The lowest BCUT2D eigenvalue weighted by atomic mass is 9.98. The number of urea groups is 1. The molecule has 8 nitrogen and oxygen atoms in total. The van der Waals surface area contributed by atoms with Gasteiger partial charge in [-0.15, -0.1) is 0 Å². The molecule has 0 unspecified atom stereocenters. The number of carbonyl (C=O) groups excluding carboxylic acids is 3. The van der Waals surface area contributed by atoms with Crippen molar-refractivity contribution in [2.75, 3.05) is 26.8 Å². The van der Waals surface area contributed by atoms with Crippen LogP contribution in [0.4, 0.5) is 4.79 Å². The molecule has 140 valence electrons. The van der Waals surface area contributed by atoms with Crippen molar-refractivity contribution in [2.45, 2.75) is 31.2 Å². The summed E-state index contributed by atoms with van der Waals surface area (Å²) in [6.45, 7) is 0.288. The summed E-state index contributed by atoms with van der Waals surface area (Å²) in [4.78, 5) is 37.5. The van der Waals surface area contributed by atoms with Crippen LogP contribution in [0.1, 0.15) is 25.7 Å². The van der Waals surface area contributed by atoms with Gasteiger partial charge in [-0.3, -0.25) is 14.5 Å². The van der Waals surface area contributed by atoms with Gasteiger partial charge < -0.3 is 20.1 Å². The number of hydrogen-bond acceptors (Lipinski definition) is 5. The van der Waals surface area contributed by atoms with Crippen LogP contribution in [0.5, 0.6) is 11.5 Å². The zero-order valence-corrected chi connectivity index (χ0v) is 14.7. The minimum Gasteiger partial charge on any atom is -0.497 e. The molecule has 1 saturated carbocycles. The van der Waals surface area contributed by atoms with Crippen LogP contribution in [-0.2, 0) is 9.59 Å². The van der Waals surface area contributed by atoms with E-state index in [4.69, 9.17) is 9.47 Å². The smallest absolute Gasteiger partial charge is 0.325 e. The molecule has 2 aliphatic rings. The molecule has 1 aliphatic heterocycles. The van der Waals surface area contributed by atoms with Crippen molar-refractivity contribution >= 4 is 17.8 Å². The zero-order chi connectivity index (χ0) is 18.6. The first-order valence-electron chi connectivity index (χ1n) is 8.72. The van der Waals surface area contributed by atoms with E-state index in [9.17, 15) is 14.4 Å². The molecule has 26 heavy (non-hydrogen) atoms. The molecule has 0 bridgehead atoms. The van der Waals surface area contributed by atoms with Gasteiger partial charge in [-0.2, -0.15) is 0 Å². The standard InChI is InChI=1S/C18H23N3O5/c1-25-13-4-6-14(7-5-13)26-11-10-19-15(22)12-21-16(23)18(20-17(21)24)8-2-3-9-18/h4-7H,2-3,8-12H2,1H3,(H,19,22)(H,20,24). The van der Waals surface area contributed by atoms with Crippen LogP contribution < -0.4 is 20.1 Å². The predicted molar refractivity (Wildman–Crippen MR) is 92.9 cm³/mol. The summed E-state index contributed by atoms with van der Waals surface area (Å²) >= 11 is 0. The fraction of sp³-hybridized carbons (Fsp3) is 0.500. The van der Waals surface area contributed by atoms with Gasteiger partial charge in [0, 0.05) is 0 Å². The monoisotopic (exact) mass is 361 g/mol. The van der Waals surface area contributed by atoms with E-state index in [1.807, 2.05) is 0 Å². The molecule has 0 atom stereocenters. The van der Waals surface area contributed by atoms with Gasteiger partial charge in [0.25, 0.3) is 5.91 Å². The van der Waals surface area contributed by atoms with Crippen molar-refractivity contribution in [3.05, 3.63) is 24.3 Å². The Balaban J connectivity index is 1.41. The van der Waals surface area contributed by atoms with Crippen molar-refractivity contribution in [2.24, 2.45) is 0 Å². The Hall–Kier alpha value is -2.77. The first-order valence-corrected chi connectivity index (χ1v) is 8.72. The van der Waals surface area contributed by atoms with Gasteiger partial charge in [0.1, 0.15) is 30.2 Å². The number of nitrogens with one attached hydrogen (secondary N) is 2. The summed E-state index contributed by atoms with van der Waals surface area (Å²) in [6.07, 6.45) is 3.11. The highest BCUT2D eigenvalue weighted by atomic mass is 16.5. The highest BCUT2D eigenvalue weighted by molar-refractivity contribution is 6.09. The SMILES string of the molecule is COc1ccc(OCCNC(=O)CN2C(=O)NC3(CCCC3)C2=O)cc1. The second-order valence-corrected chi connectivity index (χ2v) is 6.48. The average Bonchev–Trinajstić information content (AvgIpc) is 3.20. The lowest BCUT2D eigenvalue weighted by Crippen LogP contribution is -2.45. The Morgan fingerprint density at radius 2 is 1.85 bits per heavy atom. The third kappa shape index (κ3) is 3.74. The summed E-state index contributed by atoms with van der Waals surface area (Å²) in [5, 5.41) is 5.42. The van der Waals surface area contributed by atoms with Gasteiger partial charge in [0.2, 0.25) is 5.91 Å². The van der Waals surface area contributed by atoms with Crippen LogP contribution >= 0.6 is 0 Å². The van der Waals surface area contributed by atoms with E-state index < -0.39 is 11.6 Å². The van der Waals surface area contributed by atoms with Crippen LogP contribution in [-0.4, -0.2) is 55.1 Å². The normalized spacial score (nSPS) is 18.1. The summed E-state index contributed by atoms with van der Waals surface area (Å²) in [7, 11) is 1.59. The fourth-order valence-corrected chi connectivity index (χ4v) is 3.37. The zero-order valence-electron chi connectivity index (χ0n) is 14.7. The molecule has 8 heteroatoms. The fourth-order valence-electron chi connectivity index (χ4n) is 3.37. The van der Waals surface area contributed by atoms with E-state index in [0.717, 1.165) is 23.5 Å². The minimum atomic E-state index is -0.783. The Morgan fingerprint density at radius 3 is 2.50 bits per heavy atom. The average molecular weight is 361 g/mol. The van der Waals surface area contributed by atoms with Crippen molar-refractivity contribution in [1.29, 1.82) is 0 Å². The molecule has 0 aromatic heterocycles. The Bertz CT molecular complexity index is 683. The van der Waals surface area contributed by atoms with Crippen LogP contribution in [0.15, 0.2) is 24.3 Å². The molecule has 1 aromatic rings. The number of imide groups is 1. The first-order chi connectivity index (χ1) is 12.5. The van der Waals surface area contributed by atoms with E-state index in [1.54, 1.807) is 31.4 Å². The Labute approximate surface area is 151 Å². The molecule has 3 rings (SSSR count). The minimum absolute atomic E-state index is 0.269. The van der Waals surface area contributed by atoms with Gasteiger partial charge in [0.05, 0.1) is 13.7 Å². The molecule has 1 aromatic carbocycles. The van der Waals surface area contributed by atoms with Crippen LogP contribution in [0.25, 0.3) is 0 Å². The molecule has 1 aliphatic carbocycles. The number of benzene rings is 1. The number of amides is 4. The highest BCUT2D eigenvalue weighted by Crippen LogP contribution is 2.34. The van der Waals surface area contributed by atoms with E-state index >= 15 is 0 Å². The maximum absolute atomic E-state index is 12.5. The lowest BCUT2D eigenvalue weighted by Gasteiger charge is -2.19. The maximum atomic E-state index is 12.5. The van der Waals surface area contributed by atoms with E-state index in [0.29, 0.717) is 18.6 Å². The maximum Gasteiger partial charge on any atom is 0.325 e. The van der Waals surface area contributed by atoms with Crippen molar-refractivity contribution in [3.8, 4) is 11.5 Å². The Morgan fingerprint density at radius 1 is 1.19 bits per heavy atom. The molecular formula is C18H23N3O5. The molecule has 0 radical (unpaired) electrons. The molecule has 1 saturated heterocycles. The highest BCUT2D eigenvalue weighted by Gasteiger charge is 2.52. The number of carbonyl (C=O) groups is 3. The van der Waals surface area contributed by atoms with Gasteiger partial charge in [-0.05, 0) is 37.1 Å². The van der Waals surface area contributed by atoms with E-state index in [2.05, 4.69) is 10.6 Å². The molecule has 4 amide bonds. The van der Waals surface area contributed by atoms with Gasteiger partial charge in [0.15, 0.2) is 0 Å². The van der Waals surface area contributed by atoms with Gasteiger partial charge in [-0.25, -0.2) is 4.79 Å². The largest absolute Gasteiger partial charge is 0.497 e. The molecule has 2 fully saturated rings. The Kier molecular flexibility index (Phi) is 5.29. The lowest BCUT2D eigenvalue weighted by molar-refractivity contribution is -0.134. The summed E-state index contributed by atoms with van der Waals surface area (Å²) in [6, 6.07) is 6.63. The number of rotatable bonds is 7. The van der Waals surface area contributed by atoms with Gasteiger partial charge >= 0.3 is 6.03 Å². The second kappa shape index (κ2) is 7.63. The second-order valence-electron chi connectivity index (χ2n) is 6.48. The number of ether oxygens (including phenoxy) is 2. The van der Waals surface area contributed by atoms with Crippen LogP contribution in [0.3, 0.4) is 0 Å². The van der Waals surface area contributed by atoms with Crippen LogP contribution in [0.2, 0.25) is 0 Å². The van der Waals surface area contributed by atoms with Crippen molar-refractivity contribution in [1.82, 2.24) is 15.5 Å². The van der Waals surface area contributed by atoms with Gasteiger partial charge in [-0.1, -0.05) is 12.8 Å². The quantitative estimate of drug-likeness (QED) is 0.559. The van der Waals surface area contributed by atoms with Crippen LogP contribution in [0, 0.1) is 0 Å². The number of hydrogen-bond donors (Lipinski definition) is 2. The molecular weight excluding hydrogens is 338 g/mol. The third-order valence-corrected chi connectivity index (χ3v) is 4.76. The number of methoxy groups -OCH3 is 1. The predicted octanol–water partition coefficient (Wildman–Crippen LogP) is 1.05. The molecule has 1 heterocycles. The summed E-state index contributed by atoms with van der Waals surface area (Å²) in [5.41, 5.74) is -0.783. The molecule has 1 spiro atoms. The summed E-state index contributed by atoms with van der Waals surface area (Å²) < 4.78 is 10.6. The topological polar surface area (TPSA) is 97.0 Å².